The molecule has 0 saturated carbocycles. The number of nitrogens with one attached hydrogen (secondary N) is 2. The Kier molecular flexibility index (Phi) is 7.25. The SMILES string of the molecule is CC(CCO)CNC(=O)CNC(=O)c1ccccc1Br. The summed E-state index contributed by atoms with van der Waals surface area (Å²) in [5, 5.41) is 14.0. The molecule has 0 fully saturated rings. The van der Waals surface area contributed by atoms with Gasteiger partial charge in [0.25, 0.3) is 5.91 Å². The lowest BCUT2D eigenvalue weighted by Crippen LogP contribution is -2.38. The van der Waals surface area contributed by atoms with Gasteiger partial charge < -0.3 is 15.7 Å². The van der Waals surface area contributed by atoms with Gasteiger partial charge in [0.05, 0.1) is 12.1 Å². The molecule has 0 radical (unpaired) electrons. The highest BCUT2D eigenvalue weighted by Gasteiger charge is 2.11. The third kappa shape index (κ3) is 5.71. The number of carbonyl (C=O) groups excluding carboxylic acids is 2. The van der Waals surface area contributed by atoms with E-state index >= 15 is 0 Å². The van der Waals surface area contributed by atoms with E-state index in [9.17, 15) is 9.59 Å². The van der Waals surface area contributed by atoms with Crippen LogP contribution < -0.4 is 10.6 Å². The van der Waals surface area contributed by atoms with Crippen LogP contribution in [0.2, 0.25) is 0 Å². The zero-order chi connectivity index (χ0) is 15.0. The second kappa shape index (κ2) is 8.71. The van der Waals surface area contributed by atoms with Crippen LogP contribution in [0.5, 0.6) is 0 Å². The second-order valence-corrected chi connectivity index (χ2v) is 5.44. The average molecular weight is 343 g/mol. The first-order valence-electron chi connectivity index (χ1n) is 6.45. The predicted octanol–water partition coefficient (Wildman–Crippen LogP) is 1.31. The minimum Gasteiger partial charge on any atom is -0.396 e. The highest BCUT2D eigenvalue weighted by Crippen LogP contribution is 2.15. The molecule has 1 unspecified atom stereocenters. The van der Waals surface area contributed by atoms with E-state index in [0.717, 1.165) is 0 Å². The van der Waals surface area contributed by atoms with E-state index in [1.807, 2.05) is 13.0 Å². The third-order valence-electron chi connectivity index (χ3n) is 2.80. The zero-order valence-electron chi connectivity index (χ0n) is 11.4. The summed E-state index contributed by atoms with van der Waals surface area (Å²) in [5.74, 6) is -0.325. The molecule has 1 aromatic carbocycles. The number of hydrogen-bond acceptors (Lipinski definition) is 3. The van der Waals surface area contributed by atoms with Crippen molar-refractivity contribution in [1.29, 1.82) is 0 Å². The molecule has 0 aliphatic rings. The molecule has 0 aromatic heterocycles. The summed E-state index contributed by atoms with van der Waals surface area (Å²) in [7, 11) is 0. The van der Waals surface area contributed by atoms with Gasteiger partial charge in [-0.2, -0.15) is 0 Å². The van der Waals surface area contributed by atoms with Crippen molar-refractivity contribution in [1.82, 2.24) is 10.6 Å². The van der Waals surface area contributed by atoms with Crippen molar-refractivity contribution in [2.75, 3.05) is 19.7 Å². The van der Waals surface area contributed by atoms with Crippen LogP contribution in [0, 0.1) is 5.92 Å². The number of carbonyl (C=O) groups is 2. The molecule has 0 saturated heterocycles. The van der Waals surface area contributed by atoms with Crippen molar-refractivity contribution in [3.63, 3.8) is 0 Å². The van der Waals surface area contributed by atoms with E-state index in [-0.39, 0.29) is 30.9 Å². The lowest BCUT2D eigenvalue weighted by atomic mass is 10.1. The number of amides is 2. The molecule has 6 heteroatoms. The number of benzene rings is 1. The number of halogens is 1. The fourth-order valence-corrected chi connectivity index (χ4v) is 2.04. The summed E-state index contributed by atoms with van der Waals surface area (Å²) in [4.78, 5) is 23.4. The van der Waals surface area contributed by atoms with E-state index in [1.54, 1.807) is 18.2 Å². The highest BCUT2D eigenvalue weighted by molar-refractivity contribution is 9.10. The first kappa shape index (κ1) is 16.7. The predicted molar refractivity (Wildman–Crippen MR) is 80.4 cm³/mol. The van der Waals surface area contributed by atoms with Crippen molar-refractivity contribution >= 4 is 27.7 Å². The van der Waals surface area contributed by atoms with Gasteiger partial charge in [0.2, 0.25) is 5.91 Å². The summed E-state index contributed by atoms with van der Waals surface area (Å²) >= 11 is 3.29. The van der Waals surface area contributed by atoms with Crippen molar-refractivity contribution < 1.29 is 14.7 Å². The fourth-order valence-electron chi connectivity index (χ4n) is 1.57. The maximum absolute atomic E-state index is 11.9. The smallest absolute Gasteiger partial charge is 0.252 e. The summed E-state index contributed by atoms with van der Waals surface area (Å²) in [5.41, 5.74) is 0.494. The van der Waals surface area contributed by atoms with Gasteiger partial charge in [-0.3, -0.25) is 9.59 Å². The first-order chi connectivity index (χ1) is 9.54. The molecule has 1 rings (SSSR count). The highest BCUT2D eigenvalue weighted by atomic mass is 79.9. The Hall–Kier alpha value is -1.40. The van der Waals surface area contributed by atoms with Crippen molar-refractivity contribution in [2.45, 2.75) is 13.3 Å². The zero-order valence-corrected chi connectivity index (χ0v) is 12.9. The molecular formula is C14H19BrN2O3. The Labute approximate surface area is 126 Å². The Morgan fingerprint density at radius 1 is 1.30 bits per heavy atom. The summed E-state index contributed by atoms with van der Waals surface area (Å²) < 4.78 is 0.689. The van der Waals surface area contributed by atoms with Gasteiger partial charge in [0.1, 0.15) is 0 Å². The van der Waals surface area contributed by atoms with E-state index in [0.29, 0.717) is 23.0 Å². The monoisotopic (exact) mass is 342 g/mol. The molecule has 0 bridgehead atoms. The van der Waals surface area contributed by atoms with Crippen LogP contribution in [0.1, 0.15) is 23.7 Å². The molecular weight excluding hydrogens is 324 g/mol. The first-order valence-corrected chi connectivity index (χ1v) is 7.24. The van der Waals surface area contributed by atoms with Gasteiger partial charge >= 0.3 is 0 Å². The number of aliphatic hydroxyl groups excluding tert-OH is 1. The second-order valence-electron chi connectivity index (χ2n) is 4.58. The summed E-state index contributed by atoms with van der Waals surface area (Å²) in [6.45, 7) is 2.47. The topological polar surface area (TPSA) is 78.4 Å². The number of hydrogen-bond donors (Lipinski definition) is 3. The Balaban J connectivity index is 2.34. The quantitative estimate of drug-likeness (QED) is 0.699. The molecule has 0 heterocycles. The Morgan fingerprint density at radius 2 is 2.00 bits per heavy atom. The molecule has 0 aliphatic carbocycles. The van der Waals surface area contributed by atoms with Gasteiger partial charge in [0.15, 0.2) is 0 Å². The lowest BCUT2D eigenvalue weighted by molar-refractivity contribution is -0.120. The molecule has 2 amide bonds. The molecule has 0 spiro atoms. The van der Waals surface area contributed by atoms with Crippen LogP contribution in [0.4, 0.5) is 0 Å². The van der Waals surface area contributed by atoms with Crippen LogP contribution in [0.25, 0.3) is 0 Å². The van der Waals surface area contributed by atoms with Crippen LogP contribution in [0.3, 0.4) is 0 Å². The van der Waals surface area contributed by atoms with Crippen molar-refractivity contribution in [3.05, 3.63) is 34.3 Å². The van der Waals surface area contributed by atoms with Crippen LogP contribution in [-0.4, -0.2) is 36.6 Å². The van der Waals surface area contributed by atoms with Gasteiger partial charge in [0, 0.05) is 17.6 Å². The van der Waals surface area contributed by atoms with Crippen LogP contribution in [0.15, 0.2) is 28.7 Å². The minimum atomic E-state index is -0.295. The molecule has 110 valence electrons. The van der Waals surface area contributed by atoms with Crippen LogP contribution >= 0.6 is 15.9 Å². The van der Waals surface area contributed by atoms with E-state index in [4.69, 9.17) is 5.11 Å². The molecule has 0 aliphatic heterocycles. The Morgan fingerprint density at radius 3 is 2.65 bits per heavy atom. The average Bonchev–Trinajstić information content (AvgIpc) is 2.43. The Bertz CT molecular complexity index is 465. The number of aliphatic hydroxyl groups is 1. The maximum atomic E-state index is 11.9. The van der Waals surface area contributed by atoms with Crippen molar-refractivity contribution in [3.8, 4) is 0 Å². The number of rotatable bonds is 7. The summed E-state index contributed by atoms with van der Waals surface area (Å²) in [6, 6.07) is 7.03. The molecule has 1 aromatic rings. The van der Waals surface area contributed by atoms with Gasteiger partial charge in [-0.05, 0) is 40.4 Å². The van der Waals surface area contributed by atoms with Crippen LogP contribution in [-0.2, 0) is 4.79 Å². The lowest BCUT2D eigenvalue weighted by Gasteiger charge is -2.11. The minimum absolute atomic E-state index is 0.0635. The molecule has 3 N–H and O–H groups in total. The fraction of sp³-hybridized carbons (Fsp3) is 0.429. The third-order valence-corrected chi connectivity index (χ3v) is 3.49. The van der Waals surface area contributed by atoms with Gasteiger partial charge in [-0.15, -0.1) is 0 Å². The largest absolute Gasteiger partial charge is 0.396 e. The van der Waals surface area contributed by atoms with Gasteiger partial charge in [-0.1, -0.05) is 19.1 Å². The molecule has 20 heavy (non-hydrogen) atoms. The summed E-state index contributed by atoms with van der Waals surface area (Å²) in [6.07, 6.45) is 0.642. The molecule has 1 atom stereocenters. The van der Waals surface area contributed by atoms with E-state index in [2.05, 4.69) is 26.6 Å². The standard InChI is InChI=1S/C14H19BrN2O3/c1-10(6-7-18)8-16-13(19)9-17-14(20)11-4-2-3-5-12(11)15/h2-5,10,18H,6-9H2,1H3,(H,16,19)(H,17,20). The molecule has 5 nitrogen and oxygen atoms in total. The normalized spacial score (nSPS) is 11.8. The van der Waals surface area contributed by atoms with E-state index in [1.165, 1.54) is 0 Å². The van der Waals surface area contributed by atoms with Crippen molar-refractivity contribution in [2.24, 2.45) is 5.92 Å². The van der Waals surface area contributed by atoms with E-state index < -0.39 is 0 Å². The maximum Gasteiger partial charge on any atom is 0.252 e. The van der Waals surface area contributed by atoms with Gasteiger partial charge in [-0.25, -0.2) is 0 Å².